The molecule has 0 amide bonds. The minimum Gasteiger partial charge on any atom is -0.496 e. The van der Waals surface area contributed by atoms with Gasteiger partial charge in [0.1, 0.15) is 5.75 Å². The van der Waals surface area contributed by atoms with Crippen LogP contribution in [0.15, 0.2) is 65.6 Å². The molecule has 6 nitrogen and oxygen atoms in total. The second-order valence-electron chi connectivity index (χ2n) is 6.01. The van der Waals surface area contributed by atoms with Crippen molar-refractivity contribution in [3.05, 3.63) is 76.8 Å². The maximum absolute atomic E-state index is 12.5. The number of ether oxygens (including phenoxy) is 1. The van der Waals surface area contributed by atoms with Crippen LogP contribution < -0.4 is 10.4 Å². The summed E-state index contributed by atoms with van der Waals surface area (Å²) < 4.78 is 7.06. The van der Waals surface area contributed by atoms with Gasteiger partial charge < -0.3 is 4.74 Å². The van der Waals surface area contributed by atoms with Crippen LogP contribution >= 0.6 is 0 Å². The van der Waals surface area contributed by atoms with Crippen molar-refractivity contribution in [3.8, 4) is 17.0 Å². The molecule has 0 bridgehead atoms. The average Bonchev–Trinajstić information content (AvgIpc) is 3.02. The van der Waals surface area contributed by atoms with E-state index in [9.17, 15) is 4.79 Å². The van der Waals surface area contributed by atoms with Crippen molar-refractivity contribution in [2.45, 2.75) is 13.0 Å². The third-order valence-electron chi connectivity index (χ3n) is 4.48. The minimum absolute atomic E-state index is 0.167. The first-order chi connectivity index (χ1) is 12.7. The number of nitrogens with one attached hydrogen (secondary N) is 1. The Labute approximate surface area is 150 Å². The monoisotopic (exact) mass is 346 g/mol. The summed E-state index contributed by atoms with van der Waals surface area (Å²) in [6.45, 7) is 1.97. The second kappa shape index (κ2) is 6.48. The zero-order valence-corrected chi connectivity index (χ0v) is 14.5. The van der Waals surface area contributed by atoms with Crippen molar-refractivity contribution in [2.75, 3.05) is 7.11 Å². The number of imidazole rings is 1. The number of hydrogen-bond acceptors (Lipinski definition) is 4. The molecule has 4 rings (SSSR count). The Morgan fingerprint density at radius 3 is 2.58 bits per heavy atom. The maximum Gasteiger partial charge on any atom is 0.329 e. The normalized spacial score (nSPS) is 12.2. The van der Waals surface area contributed by atoms with Crippen LogP contribution in [0.1, 0.15) is 18.5 Å². The van der Waals surface area contributed by atoms with Gasteiger partial charge in [0.2, 0.25) is 0 Å². The van der Waals surface area contributed by atoms with Gasteiger partial charge in [0.05, 0.1) is 25.0 Å². The lowest BCUT2D eigenvalue weighted by atomic mass is 10.1. The number of para-hydroxylation sites is 1. The first kappa shape index (κ1) is 16.1. The molecule has 2 heterocycles. The van der Waals surface area contributed by atoms with E-state index in [2.05, 4.69) is 9.97 Å². The van der Waals surface area contributed by atoms with Crippen molar-refractivity contribution in [1.29, 1.82) is 0 Å². The predicted octanol–water partition coefficient (Wildman–Crippen LogP) is 3.40. The number of rotatable bonds is 4. The number of aromatic amines is 1. The van der Waals surface area contributed by atoms with E-state index in [1.54, 1.807) is 17.9 Å². The van der Waals surface area contributed by atoms with Gasteiger partial charge in [0.15, 0.2) is 11.3 Å². The average molecular weight is 346 g/mol. The van der Waals surface area contributed by atoms with E-state index >= 15 is 0 Å². The summed E-state index contributed by atoms with van der Waals surface area (Å²) in [4.78, 5) is 24.4. The fourth-order valence-electron chi connectivity index (χ4n) is 3.12. The Hall–Kier alpha value is -3.41. The second-order valence-corrected chi connectivity index (χ2v) is 6.01. The maximum atomic E-state index is 12.5. The number of H-pyrrole nitrogens is 1. The first-order valence-electron chi connectivity index (χ1n) is 8.34. The summed E-state index contributed by atoms with van der Waals surface area (Å²) in [6, 6.07) is 17.3. The van der Waals surface area contributed by atoms with E-state index in [1.165, 1.54) is 0 Å². The van der Waals surface area contributed by atoms with Crippen LogP contribution in [0.25, 0.3) is 22.6 Å². The Balaban J connectivity index is 1.90. The van der Waals surface area contributed by atoms with Gasteiger partial charge in [-0.05, 0) is 24.6 Å². The molecular weight excluding hydrogens is 328 g/mol. The standard InChI is InChI=1S/C20H18N4O2/c1-13(14-8-4-3-5-9-14)24-19-18(23-20(24)25)21-12-16(22-19)15-10-6-7-11-17(15)26-2/h3-13H,1-2H3,(H,21,23,25)/t13-/m0/s1. The smallest absolute Gasteiger partial charge is 0.329 e. The van der Waals surface area contributed by atoms with Gasteiger partial charge in [-0.25, -0.2) is 14.8 Å². The molecule has 130 valence electrons. The van der Waals surface area contributed by atoms with Crippen molar-refractivity contribution in [2.24, 2.45) is 0 Å². The predicted molar refractivity (Wildman–Crippen MR) is 100 cm³/mol. The van der Waals surface area contributed by atoms with Crippen LogP contribution in [0.2, 0.25) is 0 Å². The van der Waals surface area contributed by atoms with Gasteiger partial charge in [-0.15, -0.1) is 0 Å². The van der Waals surface area contributed by atoms with Gasteiger partial charge in [-0.1, -0.05) is 42.5 Å². The molecule has 0 fully saturated rings. The van der Waals surface area contributed by atoms with Crippen LogP contribution in [0.3, 0.4) is 0 Å². The Morgan fingerprint density at radius 1 is 1.08 bits per heavy atom. The molecule has 2 aromatic heterocycles. The quantitative estimate of drug-likeness (QED) is 0.615. The number of hydrogen-bond donors (Lipinski definition) is 1. The van der Waals surface area contributed by atoms with E-state index in [1.807, 2.05) is 61.5 Å². The number of nitrogens with zero attached hydrogens (tertiary/aromatic N) is 3. The molecule has 6 heteroatoms. The third kappa shape index (κ3) is 2.65. The SMILES string of the molecule is COc1ccccc1-c1cnc2[nH]c(=O)n([C@@H](C)c3ccccc3)c2n1. The molecule has 1 atom stereocenters. The zero-order valence-electron chi connectivity index (χ0n) is 14.5. The van der Waals surface area contributed by atoms with Crippen molar-refractivity contribution >= 4 is 11.3 Å². The molecule has 0 spiro atoms. The van der Waals surface area contributed by atoms with Gasteiger partial charge in [0.25, 0.3) is 0 Å². The highest BCUT2D eigenvalue weighted by molar-refractivity contribution is 5.73. The van der Waals surface area contributed by atoms with Gasteiger partial charge in [-0.3, -0.25) is 9.55 Å². The van der Waals surface area contributed by atoms with Gasteiger partial charge in [0, 0.05) is 5.56 Å². The third-order valence-corrected chi connectivity index (χ3v) is 4.48. The van der Waals surface area contributed by atoms with Crippen LogP contribution in [-0.4, -0.2) is 26.6 Å². The summed E-state index contributed by atoms with van der Waals surface area (Å²) in [6.07, 6.45) is 1.65. The number of benzene rings is 2. The van der Waals surface area contributed by atoms with E-state index in [0.29, 0.717) is 22.7 Å². The minimum atomic E-state index is -0.228. The first-order valence-corrected chi connectivity index (χ1v) is 8.34. The summed E-state index contributed by atoms with van der Waals surface area (Å²) in [5.74, 6) is 0.710. The fraction of sp³-hybridized carbons (Fsp3) is 0.150. The highest BCUT2D eigenvalue weighted by Gasteiger charge is 2.18. The summed E-state index contributed by atoms with van der Waals surface area (Å²) >= 11 is 0. The molecule has 0 saturated heterocycles. The molecule has 0 aliphatic rings. The number of methoxy groups -OCH3 is 1. The van der Waals surface area contributed by atoms with Crippen molar-refractivity contribution < 1.29 is 4.74 Å². The van der Waals surface area contributed by atoms with Crippen LogP contribution in [0.4, 0.5) is 0 Å². The molecule has 1 N–H and O–H groups in total. The molecule has 4 aromatic rings. The molecule has 0 saturated carbocycles. The van der Waals surface area contributed by atoms with Gasteiger partial charge in [-0.2, -0.15) is 0 Å². The largest absolute Gasteiger partial charge is 0.496 e. The van der Waals surface area contributed by atoms with Crippen LogP contribution in [-0.2, 0) is 0 Å². The zero-order chi connectivity index (χ0) is 18.1. The molecule has 26 heavy (non-hydrogen) atoms. The topological polar surface area (TPSA) is 72.8 Å². The number of fused-ring (bicyclic) bond motifs is 1. The molecule has 0 aliphatic heterocycles. The molecule has 0 aliphatic carbocycles. The van der Waals surface area contributed by atoms with E-state index in [0.717, 1.165) is 11.1 Å². The van der Waals surface area contributed by atoms with Gasteiger partial charge >= 0.3 is 5.69 Å². The summed E-state index contributed by atoms with van der Waals surface area (Å²) in [5, 5.41) is 0. The highest BCUT2D eigenvalue weighted by Crippen LogP contribution is 2.29. The highest BCUT2D eigenvalue weighted by atomic mass is 16.5. The molecular formula is C20H18N4O2. The lowest BCUT2D eigenvalue weighted by Crippen LogP contribution is -2.21. The lowest BCUT2D eigenvalue weighted by molar-refractivity contribution is 0.416. The molecule has 0 unspecified atom stereocenters. The van der Waals surface area contributed by atoms with E-state index in [-0.39, 0.29) is 11.7 Å². The van der Waals surface area contributed by atoms with Crippen molar-refractivity contribution in [3.63, 3.8) is 0 Å². The van der Waals surface area contributed by atoms with Crippen molar-refractivity contribution in [1.82, 2.24) is 19.5 Å². The lowest BCUT2D eigenvalue weighted by Gasteiger charge is -2.14. The van der Waals surface area contributed by atoms with Crippen LogP contribution in [0.5, 0.6) is 5.75 Å². The van der Waals surface area contributed by atoms with E-state index < -0.39 is 0 Å². The summed E-state index contributed by atoms with van der Waals surface area (Å²) in [7, 11) is 1.62. The Kier molecular flexibility index (Phi) is 4.01. The molecule has 0 radical (unpaired) electrons. The fourth-order valence-corrected chi connectivity index (χ4v) is 3.12. The molecule has 2 aromatic carbocycles. The Bertz CT molecular complexity index is 1120. The summed E-state index contributed by atoms with van der Waals surface area (Å²) in [5.41, 5.74) is 3.28. The van der Waals surface area contributed by atoms with E-state index in [4.69, 9.17) is 9.72 Å². The number of aromatic nitrogens is 4. The van der Waals surface area contributed by atoms with Crippen LogP contribution in [0, 0.1) is 0 Å². The Morgan fingerprint density at radius 2 is 1.81 bits per heavy atom.